The monoisotopic (exact) mass is 300 g/mol. The van der Waals surface area contributed by atoms with Gasteiger partial charge in [0.2, 0.25) is 0 Å². The number of rotatable bonds is 4. The van der Waals surface area contributed by atoms with E-state index >= 15 is 0 Å². The fourth-order valence-electron chi connectivity index (χ4n) is 1.82. The Kier molecular flexibility index (Phi) is 4.61. The Bertz CT molecular complexity index is 707. The molecule has 1 aromatic heterocycles. The summed E-state index contributed by atoms with van der Waals surface area (Å²) in [5, 5.41) is 10.1. The quantitative estimate of drug-likeness (QED) is 0.805. The summed E-state index contributed by atoms with van der Waals surface area (Å²) in [6.07, 6.45) is 1.79. The minimum absolute atomic E-state index is 0.527. The highest BCUT2D eigenvalue weighted by molar-refractivity contribution is 7.12. The number of aromatic nitrogens is 1. The summed E-state index contributed by atoms with van der Waals surface area (Å²) in [5.41, 5.74) is 2.30. The smallest absolute Gasteiger partial charge is 0.134 e. The third kappa shape index (κ3) is 3.23. The predicted octanol–water partition coefficient (Wildman–Crippen LogP) is 3.84. The Balaban J connectivity index is 2.47. The van der Waals surface area contributed by atoms with Gasteiger partial charge in [0.15, 0.2) is 0 Å². The molecule has 0 spiro atoms. The zero-order valence-corrected chi connectivity index (χ0v) is 13.2. The molecule has 0 bridgehead atoms. The molecular weight excluding hydrogens is 284 g/mol. The van der Waals surface area contributed by atoms with Crippen LogP contribution in [0.15, 0.2) is 18.2 Å². The van der Waals surface area contributed by atoms with Gasteiger partial charge in [-0.15, -0.1) is 11.3 Å². The molecule has 0 aliphatic rings. The Morgan fingerprint density at radius 2 is 2.05 bits per heavy atom. The van der Waals surface area contributed by atoms with Gasteiger partial charge in [0, 0.05) is 16.5 Å². The van der Waals surface area contributed by atoms with E-state index in [0.717, 1.165) is 21.1 Å². The van der Waals surface area contributed by atoms with Gasteiger partial charge in [-0.3, -0.25) is 0 Å². The van der Waals surface area contributed by atoms with E-state index in [-0.39, 0.29) is 0 Å². The minimum atomic E-state index is 0.527. The van der Waals surface area contributed by atoms with Gasteiger partial charge >= 0.3 is 0 Å². The molecular formula is C16H16N2O2S. The Hall–Kier alpha value is -2.32. The lowest BCUT2D eigenvalue weighted by molar-refractivity contribution is 0.394. The average molecular weight is 300 g/mol. The highest BCUT2D eigenvalue weighted by Gasteiger charge is 2.11. The fraction of sp³-hybridized carbons (Fsp3) is 0.250. The minimum Gasteiger partial charge on any atom is -0.497 e. The molecule has 21 heavy (non-hydrogen) atoms. The summed E-state index contributed by atoms with van der Waals surface area (Å²) in [6.45, 7) is 3.94. The van der Waals surface area contributed by atoms with Crippen LogP contribution < -0.4 is 9.47 Å². The van der Waals surface area contributed by atoms with Crippen molar-refractivity contribution in [2.45, 2.75) is 13.8 Å². The number of ether oxygens (including phenoxy) is 2. The van der Waals surface area contributed by atoms with Crippen molar-refractivity contribution in [1.29, 1.82) is 5.26 Å². The lowest BCUT2D eigenvalue weighted by Crippen LogP contribution is -1.90. The van der Waals surface area contributed by atoms with Gasteiger partial charge in [-0.25, -0.2) is 4.98 Å². The third-order valence-corrected chi connectivity index (χ3v) is 4.23. The molecule has 0 aliphatic heterocycles. The molecule has 0 aliphatic carbocycles. The molecule has 0 radical (unpaired) electrons. The standard InChI is InChI=1S/C16H16N2O2S/c1-10-11(2)21-16(18-10)13(9-17)7-12-5-6-14(19-3)8-15(12)20-4/h5-8H,1-4H3/b13-7+. The first-order valence-corrected chi connectivity index (χ1v) is 7.19. The van der Waals surface area contributed by atoms with Crippen LogP contribution in [0.5, 0.6) is 11.5 Å². The van der Waals surface area contributed by atoms with Crippen LogP contribution >= 0.6 is 11.3 Å². The Morgan fingerprint density at radius 3 is 2.57 bits per heavy atom. The van der Waals surface area contributed by atoms with Crippen molar-refractivity contribution in [3.8, 4) is 17.6 Å². The van der Waals surface area contributed by atoms with Gasteiger partial charge in [0.05, 0.1) is 25.5 Å². The molecule has 1 aromatic carbocycles. The molecule has 0 saturated heterocycles. The van der Waals surface area contributed by atoms with E-state index < -0.39 is 0 Å². The number of allylic oxidation sites excluding steroid dienone is 1. The number of thiazole rings is 1. The summed E-state index contributed by atoms with van der Waals surface area (Å²) in [4.78, 5) is 5.55. The summed E-state index contributed by atoms with van der Waals surface area (Å²) in [5.74, 6) is 1.37. The molecule has 2 aromatic rings. The number of nitrogens with zero attached hydrogens (tertiary/aromatic N) is 2. The molecule has 0 saturated carbocycles. The normalized spacial score (nSPS) is 11.1. The number of aryl methyl sites for hydroxylation is 2. The predicted molar refractivity (Wildman–Crippen MR) is 84.6 cm³/mol. The number of nitriles is 1. The molecule has 0 atom stereocenters. The molecule has 2 rings (SSSR count). The lowest BCUT2D eigenvalue weighted by atomic mass is 10.1. The fourth-order valence-corrected chi connectivity index (χ4v) is 2.70. The first-order valence-electron chi connectivity index (χ1n) is 6.37. The molecule has 0 fully saturated rings. The number of hydrogen-bond acceptors (Lipinski definition) is 5. The zero-order valence-electron chi connectivity index (χ0n) is 12.4. The average Bonchev–Trinajstić information content (AvgIpc) is 2.84. The van der Waals surface area contributed by atoms with Crippen molar-refractivity contribution >= 4 is 23.0 Å². The van der Waals surface area contributed by atoms with Crippen LogP contribution in [0.25, 0.3) is 11.6 Å². The van der Waals surface area contributed by atoms with E-state index in [9.17, 15) is 5.26 Å². The number of hydrogen-bond donors (Lipinski definition) is 0. The summed E-state index contributed by atoms with van der Waals surface area (Å²) < 4.78 is 10.5. The van der Waals surface area contributed by atoms with E-state index in [1.807, 2.05) is 26.0 Å². The van der Waals surface area contributed by atoms with E-state index in [0.29, 0.717) is 17.1 Å². The van der Waals surface area contributed by atoms with Crippen molar-refractivity contribution in [2.75, 3.05) is 14.2 Å². The Morgan fingerprint density at radius 1 is 1.29 bits per heavy atom. The van der Waals surface area contributed by atoms with Crippen LogP contribution in [-0.2, 0) is 0 Å². The molecule has 0 amide bonds. The van der Waals surface area contributed by atoms with Crippen LogP contribution in [0, 0.1) is 25.2 Å². The van der Waals surface area contributed by atoms with Crippen LogP contribution in [0.2, 0.25) is 0 Å². The highest BCUT2D eigenvalue weighted by Crippen LogP contribution is 2.30. The first-order chi connectivity index (χ1) is 10.1. The Labute approximate surface area is 128 Å². The molecule has 0 N–H and O–H groups in total. The zero-order chi connectivity index (χ0) is 15.4. The second kappa shape index (κ2) is 6.42. The second-order valence-electron chi connectivity index (χ2n) is 4.44. The molecule has 4 nitrogen and oxygen atoms in total. The van der Waals surface area contributed by atoms with Crippen LogP contribution in [0.4, 0.5) is 0 Å². The second-order valence-corrected chi connectivity index (χ2v) is 5.64. The number of methoxy groups -OCH3 is 2. The van der Waals surface area contributed by atoms with E-state index in [2.05, 4.69) is 11.1 Å². The van der Waals surface area contributed by atoms with Crippen LogP contribution in [0.3, 0.4) is 0 Å². The van der Waals surface area contributed by atoms with E-state index in [1.54, 1.807) is 26.4 Å². The van der Waals surface area contributed by atoms with Gasteiger partial charge in [-0.1, -0.05) is 0 Å². The van der Waals surface area contributed by atoms with Crippen molar-refractivity contribution < 1.29 is 9.47 Å². The topological polar surface area (TPSA) is 55.1 Å². The first kappa shape index (κ1) is 15.1. The summed E-state index contributed by atoms with van der Waals surface area (Å²) in [7, 11) is 3.20. The third-order valence-electron chi connectivity index (χ3n) is 3.12. The maximum atomic E-state index is 9.39. The maximum absolute atomic E-state index is 9.39. The van der Waals surface area contributed by atoms with Crippen molar-refractivity contribution in [3.05, 3.63) is 39.3 Å². The summed E-state index contributed by atoms with van der Waals surface area (Å²) in [6, 6.07) is 7.70. The highest BCUT2D eigenvalue weighted by atomic mass is 32.1. The summed E-state index contributed by atoms with van der Waals surface area (Å²) >= 11 is 1.52. The lowest BCUT2D eigenvalue weighted by Gasteiger charge is -2.07. The van der Waals surface area contributed by atoms with Crippen LogP contribution in [-0.4, -0.2) is 19.2 Å². The molecule has 0 unspecified atom stereocenters. The van der Waals surface area contributed by atoms with Gasteiger partial charge in [-0.05, 0) is 32.1 Å². The molecule has 108 valence electrons. The van der Waals surface area contributed by atoms with Gasteiger partial charge in [0.1, 0.15) is 22.6 Å². The van der Waals surface area contributed by atoms with Crippen molar-refractivity contribution in [1.82, 2.24) is 4.98 Å². The van der Waals surface area contributed by atoms with E-state index in [1.165, 1.54) is 11.3 Å². The van der Waals surface area contributed by atoms with Crippen molar-refractivity contribution in [3.63, 3.8) is 0 Å². The SMILES string of the molecule is COc1ccc(/C=C(\C#N)c2nc(C)c(C)s2)c(OC)c1. The van der Waals surface area contributed by atoms with Gasteiger partial charge < -0.3 is 9.47 Å². The maximum Gasteiger partial charge on any atom is 0.134 e. The van der Waals surface area contributed by atoms with Gasteiger partial charge in [0.25, 0.3) is 0 Å². The van der Waals surface area contributed by atoms with Crippen LogP contribution in [0.1, 0.15) is 21.1 Å². The molecule has 5 heteroatoms. The molecule has 1 heterocycles. The van der Waals surface area contributed by atoms with Crippen molar-refractivity contribution in [2.24, 2.45) is 0 Å². The van der Waals surface area contributed by atoms with E-state index in [4.69, 9.17) is 9.47 Å². The largest absolute Gasteiger partial charge is 0.497 e. The van der Waals surface area contributed by atoms with Gasteiger partial charge in [-0.2, -0.15) is 5.26 Å². The number of benzene rings is 1.